The summed E-state index contributed by atoms with van der Waals surface area (Å²) < 4.78 is 11.4. The lowest BCUT2D eigenvalue weighted by atomic mass is 10.2. The molecule has 1 fully saturated rings. The molecule has 0 unspecified atom stereocenters. The number of furan rings is 1. The standard InChI is InChI=1S/C26H27N5O4S/c1-26(2,3)35-25(33)31-12-10-30(11-13-31)20-8-9-27-15-18(20)28-23(32)24-29-19(16-36-24)22-14-17-6-4-5-7-21(17)34-22/h4-9,14-16H,10-13H2,1-3H3,(H,28,32). The number of carbonyl (C=O) groups is 2. The Kier molecular flexibility index (Phi) is 6.36. The molecule has 0 saturated carbocycles. The molecule has 1 aliphatic rings. The summed E-state index contributed by atoms with van der Waals surface area (Å²) in [6.45, 7) is 7.84. The van der Waals surface area contributed by atoms with E-state index in [1.165, 1.54) is 11.3 Å². The second-order valence-electron chi connectivity index (χ2n) is 9.49. The Morgan fingerprint density at radius 2 is 1.89 bits per heavy atom. The number of aromatic nitrogens is 2. The van der Waals surface area contributed by atoms with Crippen LogP contribution in [0.4, 0.5) is 16.2 Å². The average molecular weight is 506 g/mol. The van der Waals surface area contributed by atoms with Gasteiger partial charge in [-0.05, 0) is 39.0 Å². The van der Waals surface area contributed by atoms with Crippen molar-refractivity contribution in [3.63, 3.8) is 0 Å². The van der Waals surface area contributed by atoms with Gasteiger partial charge < -0.3 is 24.3 Å². The van der Waals surface area contributed by atoms with Gasteiger partial charge in [0.15, 0.2) is 10.8 Å². The van der Waals surface area contributed by atoms with E-state index in [2.05, 4.69) is 20.2 Å². The first-order valence-electron chi connectivity index (χ1n) is 11.7. The van der Waals surface area contributed by atoms with Gasteiger partial charge in [0, 0.05) is 43.1 Å². The SMILES string of the molecule is CC(C)(C)OC(=O)N1CCN(c2ccncc2NC(=O)c2nc(-c3cc4ccccc4o3)cs2)CC1. The summed E-state index contributed by atoms with van der Waals surface area (Å²) >= 11 is 1.26. The van der Waals surface area contributed by atoms with Gasteiger partial charge in [0.2, 0.25) is 0 Å². The van der Waals surface area contributed by atoms with Crippen molar-refractivity contribution >= 4 is 45.7 Å². The Labute approximate surface area is 212 Å². The fraction of sp³-hybridized carbons (Fsp3) is 0.308. The van der Waals surface area contributed by atoms with Gasteiger partial charge in [-0.25, -0.2) is 9.78 Å². The van der Waals surface area contributed by atoms with E-state index < -0.39 is 5.60 Å². The quantitative estimate of drug-likeness (QED) is 0.404. The molecule has 36 heavy (non-hydrogen) atoms. The fourth-order valence-electron chi connectivity index (χ4n) is 3.99. The lowest BCUT2D eigenvalue weighted by Gasteiger charge is -2.37. The molecule has 3 aromatic heterocycles. The molecule has 2 amide bonds. The number of thiazole rings is 1. The number of amides is 2. The number of para-hydroxylation sites is 1. The number of anilines is 2. The Morgan fingerprint density at radius 1 is 1.11 bits per heavy atom. The first kappa shape index (κ1) is 23.8. The zero-order chi connectivity index (χ0) is 25.3. The zero-order valence-corrected chi connectivity index (χ0v) is 21.2. The molecule has 0 spiro atoms. The Balaban J connectivity index is 1.26. The second kappa shape index (κ2) is 9.62. The summed E-state index contributed by atoms with van der Waals surface area (Å²) in [5, 5.41) is 6.07. The minimum atomic E-state index is -0.531. The number of fused-ring (bicyclic) bond motifs is 1. The first-order valence-corrected chi connectivity index (χ1v) is 12.6. The molecule has 1 aliphatic heterocycles. The molecule has 9 nitrogen and oxygen atoms in total. The van der Waals surface area contributed by atoms with E-state index in [0.717, 1.165) is 16.7 Å². The van der Waals surface area contributed by atoms with Crippen molar-refractivity contribution in [2.75, 3.05) is 36.4 Å². The molecule has 1 saturated heterocycles. The second-order valence-corrected chi connectivity index (χ2v) is 10.3. The lowest BCUT2D eigenvalue weighted by Crippen LogP contribution is -2.50. The average Bonchev–Trinajstić information content (AvgIpc) is 3.51. The van der Waals surface area contributed by atoms with Crippen LogP contribution in [0.25, 0.3) is 22.4 Å². The minimum absolute atomic E-state index is 0.311. The Hall–Kier alpha value is -3.92. The number of nitrogens with zero attached hydrogens (tertiary/aromatic N) is 4. The summed E-state index contributed by atoms with van der Waals surface area (Å²) in [5.41, 5.74) is 2.30. The highest BCUT2D eigenvalue weighted by molar-refractivity contribution is 7.12. The van der Waals surface area contributed by atoms with Crippen molar-refractivity contribution in [3.8, 4) is 11.5 Å². The molecule has 10 heteroatoms. The number of rotatable bonds is 4. The van der Waals surface area contributed by atoms with Gasteiger partial charge in [0.05, 0.1) is 17.6 Å². The molecular formula is C26H27N5O4S. The van der Waals surface area contributed by atoms with Crippen molar-refractivity contribution in [3.05, 3.63) is 59.2 Å². The van der Waals surface area contributed by atoms with Crippen LogP contribution in [0, 0.1) is 0 Å². The summed E-state index contributed by atoms with van der Waals surface area (Å²) in [7, 11) is 0. The van der Waals surface area contributed by atoms with Gasteiger partial charge in [-0.15, -0.1) is 11.3 Å². The molecule has 5 rings (SSSR count). The van der Waals surface area contributed by atoms with Gasteiger partial charge >= 0.3 is 6.09 Å². The topological polar surface area (TPSA) is 101 Å². The summed E-state index contributed by atoms with van der Waals surface area (Å²) in [4.78, 5) is 37.9. The van der Waals surface area contributed by atoms with Crippen LogP contribution in [0.2, 0.25) is 0 Å². The zero-order valence-electron chi connectivity index (χ0n) is 20.4. The van der Waals surface area contributed by atoms with Crippen LogP contribution in [0.15, 0.2) is 58.6 Å². The molecule has 4 heterocycles. The van der Waals surface area contributed by atoms with Crippen LogP contribution in [-0.4, -0.2) is 58.6 Å². The predicted molar refractivity (Wildman–Crippen MR) is 140 cm³/mol. The van der Waals surface area contributed by atoms with Crippen molar-refractivity contribution in [2.24, 2.45) is 0 Å². The van der Waals surface area contributed by atoms with Crippen molar-refractivity contribution in [1.29, 1.82) is 0 Å². The van der Waals surface area contributed by atoms with Crippen molar-refractivity contribution in [2.45, 2.75) is 26.4 Å². The highest BCUT2D eigenvalue weighted by Gasteiger charge is 2.27. The number of piperazine rings is 1. The van der Waals surface area contributed by atoms with Crippen LogP contribution in [-0.2, 0) is 4.74 Å². The number of carbonyl (C=O) groups excluding carboxylic acids is 2. The maximum atomic E-state index is 13.0. The number of ether oxygens (including phenoxy) is 1. The van der Waals surface area contributed by atoms with Gasteiger partial charge in [-0.1, -0.05) is 18.2 Å². The minimum Gasteiger partial charge on any atom is -0.454 e. The normalized spacial score (nSPS) is 14.2. The highest BCUT2D eigenvalue weighted by Crippen LogP contribution is 2.30. The molecule has 0 atom stereocenters. The van der Waals surface area contributed by atoms with Crippen LogP contribution < -0.4 is 10.2 Å². The van der Waals surface area contributed by atoms with E-state index in [4.69, 9.17) is 9.15 Å². The lowest BCUT2D eigenvalue weighted by molar-refractivity contribution is 0.0240. The van der Waals surface area contributed by atoms with Crippen molar-refractivity contribution < 1.29 is 18.7 Å². The maximum Gasteiger partial charge on any atom is 0.410 e. The predicted octanol–water partition coefficient (Wildman–Crippen LogP) is 5.26. The highest BCUT2D eigenvalue weighted by atomic mass is 32.1. The van der Waals surface area contributed by atoms with E-state index in [9.17, 15) is 9.59 Å². The van der Waals surface area contributed by atoms with Crippen LogP contribution >= 0.6 is 11.3 Å². The Morgan fingerprint density at radius 3 is 2.64 bits per heavy atom. The third-order valence-corrected chi connectivity index (χ3v) is 6.54. The third-order valence-electron chi connectivity index (χ3n) is 5.69. The maximum absolute atomic E-state index is 13.0. The molecule has 1 N–H and O–H groups in total. The molecule has 0 bridgehead atoms. The number of hydrogen-bond acceptors (Lipinski definition) is 8. The summed E-state index contributed by atoms with van der Waals surface area (Å²) in [6, 6.07) is 11.5. The van der Waals surface area contributed by atoms with E-state index in [0.29, 0.717) is 48.3 Å². The van der Waals surface area contributed by atoms with Gasteiger partial charge in [0.1, 0.15) is 16.9 Å². The van der Waals surface area contributed by atoms with Crippen LogP contribution in [0.3, 0.4) is 0 Å². The summed E-state index contributed by atoms with van der Waals surface area (Å²) in [6.07, 6.45) is 3.00. The smallest absolute Gasteiger partial charge is 0.410 e. The number of benzene rings is 1. The number of hydrogen-bond donors (Lipinski definition) is 1. The molecule has 186 valence electrons. The van der Waals surface area contributed by atoms with Crippen LogP contribution in [0.5, 0.6) is 0 Å². The van der Waals surface area contributed by atoms with E-state index in [-0.39, 0.29) is 12.0 Å². The van der Waals surface area contributed by atoms with Crippen LogP contribution in [0.1, 0.15) is 30.6 Å². The first-order chi connectivity index (χ1) is 17.3. The summed E-state index contributed by atoms with van der Waals surface area (Å²) in [5.74, 6) is 0.306. The molecule has 0 aliphatic carbocycles. The largest absolute Gasteiger partial charge is 0.454 e. The van der Waals surface area contributed by atoms with Crippen molar-refractivity contribution in [1.82, 2.24) is 14.9 Å². The number of nitrogens with one attached hydrogen (secondary N) is 1. The Bertz CT molecular complexity index is 1370. The van der Waals surface area contributed by atoms with E-state index in [1.54, 1.807) is 17.3 Å². The molecule has 4 aromatic rings. The molecular weight excluding hydrogens is 478 g/mol. The van der Waals surface area contributed by atoms with Gasteiger partial charge in [-0.3, -0.25) is 9.78 Å². The van der Waals surface area contributed by atoms with Gasteiger partial charge in [-0.2, -0.15) is 0 Å². The monoisotopic (exact) mass is 505 g/mol. The molecule has 1 aromatic carbocycles. The fourth-order valence-corrected chi connectivity index (χ4v) is 4.69. The number of pyridine rings is 1. The molecule has 0 radical (unpaired) electrons. The third kappa shape index (κ3) is 5.18. The van der Waals surface area contributed by atoms with E-state index in [1.807, 2.05) is 62.5 Å². The van der Waals surface area contributed by atoms with E-state index >= 15 is 0 Å². The van der Waals surface area contributed by atoms with Gasteiger partial charge in [0.25, 0.3) is 5.91 Å².